The standard InChI is InChI=1S/C12H9BrN2S/c1-7-4-11(13)12(16-7)10-3-2-9(15)5-8(10)6-14/h2-5H,15H2,1H3. The molecule has 0 aliphatic carbocycles. The molecule has 0 spiro atoms. The molecule has 16 heavy (non-hydrogen) atoms. The maximum atomic E-state index is 9.09. The van der Waals surface area contributed by atoms with Gasteiger partial charge in [-0.3, -0.25) is 0 Å². The number of nitrogens with two attached hydrogens (primary N) is 1. The average molecular weight is 293 g/mol. The molecule has 0 aliphatic rings. The lowest BCUT2D eigenvalue weighted by Gasteiger charge is -2.03. The van der Waals surface area contributed by atoms with Crippen LogP contribution in [0.3, 0.4) is 0 Å². The number of hydrogen-bond donors (Lipinski definition) is 1. The second-order valence-electron chi connectivity index (χ2n) is 3.45. The van der Waals surface area contributed by atoms with Crippen molar-refractivity contribution in [1.82, 2.24) is 0 Å². The number of anilines is 1. The van der Waals surface area contributed by atoms with Gasteiger partial charge >= 0.3 is 0 Å². The first kappa shape index (κ1) is 11.2. The summed E-state index contributed by atoms with van der Waals surface area (Å²) in [7, 11) is 0. The Hall–Kier alpha value is -1.31. The van der Waals surface area contributed by atoms with Gasteiger partial charge in [0.15, 0.2) is 0 Å². The third-order valence-corrected chi connectivity index (χ3v) is 4.19. The van der Waals surface area contributed by atoms with Crippen LogP contribution >= 0.6 is 27.3 Å². The van der Waals surface area contributed by atoms with Crippen molar-refractivity contribution in [2.75, 3.05) is 5.73 Å². The zero-order valence-electron chi connectivity index (χ0n) is 8.62. The molecule has 80 valence electrons. The SMILES string of the molecule is Cc1cc(Br)c(-c2ccc(N)cc2C#N)s1. The molecule has 4 heteroatoms. The number of nitrogens with zero attached hydrogens (tertiary/aromatic N) is 1. The van der Waals surface area contributed by atoms with Crippen molar-refractivity contribution in [2.45, 2.75) is 6.92 Å². The number of hydrogen-bond acceptors (Lipinski definition) is 3. The normalized spacial score (nSPS) is 10.1. The lowest BCUT2D eigenvalue weighted by molar-refractivity contribution is 1.48. The van der Waals surface area contributed by atoms with Gasteiger partial charge < -0.3 is 5.73 Å². The van der Waals surface area contributed by atoms with Gasteiger partial charge in [0.1, 0.15) is 0 Å². The van der Waals surface area contributed by atoms with Gasteiger partial charge in [-0.2, -0.15) is 5.26 Å². The largest absolute Gasteiger partial charge is 0.399 e. The van der Waals surface area contributed by atoms with E-state index in [4.69, 9.17) is 11.0 Å². The van der Waals surface area contributed by atoms with Gasteiger partial charge in [-0.1, -0.05) is 6.07 Å². The van der Waals surface area contributed by atoms with E-state index in [1.807, 2.05) is 19.1 Å². The number of benzene rings is 1. The Morgan fingerprint density at radius 3 is 2.69 bits per heavy atom. The van der Waals surface area contributed by atoms with Crippen molar-refractivity contribution in [3.63, 3.8) is 0 Å². The maximum Gasteiger partial charge on any atom is 0.0999 e. The Kier molecular flexibility index (Phi) is 2.99. The van der Waals surface area contributed by atoms with Crippen LogP contribution in [0.25, 0.3) is 10.4 Å². The van der Waals surface area contributed by atoms with E-state index in [-0.39, 0.29) is 0 Å². The molecular formula is C12H9BrN2S. The Morgan fingerprint density at radius 1 is 1.38 bits per heavy atom. The topological polar surface area (TPSA) is 49.8 Å². The summed E-state index contributed by atoms with van der Waals surface area (Å²) in [6.07, 6.45) is 0. The van der Waals surface area contributed by atoms with Gasteiger partial charge in [-0.25, -0.2) is 0 Å². The van der Waals surface area contributed by atoms with Crippen LogP contribution in [0.1, 0.15) is 10.4 Å². The van der Waals surface area contributed by atoms with Gasteiger partial charge in [0, 0.05) is 20.6 Å². The van der Waals surface area contributed by atoms with Gasteiger partial charge in [0.05, 0.1) is 16.5 Å². The van der Waals surface area contributed by atoms with Crippen LogP contribution < -0.4 is 5.73 Å². The van der Waals surface area contributed by atoms with Crippen LogP contribution in [0, 0.1) is 18.3 Å². The first-order valence-electron chi connectivity index (χ1n) is 4.67. The predicted molar refractivity (Wildman–Crippen MR) is 71.3 cm³/mol. The summed E-state index contributed by atoms with van der Waals surface area (Å²) in [5.41, 5.74) is 7.83. The first-order chi connectivity index (χ1) is 7.61. The van der Waals surface area contributed by atoms with Crippen LogP contribution in [0.4, 0.5) is 5.69 Å². The van der Waals surface area contributed by atoms with Crippen molar-refractivity contribution in [3.05, 3.63) is 39.2 Å². The summed E-state index contributed by atoms with van der Waals surface area (Å²) in [5, 5.41) is 9.09. The molecule has 0 unspecified atom stereocenters. The Morgan fingerprint density at radius 2 is 2.12 bits per heavy atom. The molecule has 0 bridgehead atoms. The van der Waals surface area contributed by atoms with Crippen molar-refractivity contribution < 1.29 is 0 Å². The molecule has 1 aromatic carbocycles. The monoisotopic (exact) mass is 292 g/mol. The number of nitriles is 1. The van der Waals surface area contributed by atoms with E-state index in [2.05, 4.69) is 28.1 Å². The molecule has 0 fully saturated rings. The zero-order valence-corrected chi connectivity index (χ0v) is 11.0. The van der Waals surface area contributed by atoms with E-state index in [9.17, 15) is 0 Å². The Bertz CT molecular complexity index is 581. The van der Waals surface area contributed by atoms with E-state index >= 15 is 0 Å². The lowest BCUT2D eigenvalue weighted by atomic mass is 10.1. The highest BCUT2D eigenvalue weighted by Crippen LogP contribution is 2.38. The highest BCUT2D eigenvalue weighted by Gasteiger charge is 2.11. The third-order valence-electron chi connectivity index (χ3n) is 2.22. The van der Waals surface area contributed by atoms with E-state index < -0.39 is 0 Å². The molecule has 0 atom stereocenters. The highest BCUT2D eigenvalue weighted by atomic mass is 79.9. The van der Waals surface area contributed by atoms with Crippen LogP contribution in [0.15, 0.2) is 28.7 Å². The first-order valence-corrected chi connectivity index (χ1v) is 6.28. The maximum absolute atomic E-state index is 9.09. The number of thiophene rings is 1. The molecule has 0 saturated carbocycles. The van der Waals surface area contributed by atoms with Crippen molar-refractivity contribution >= 4 is 33.0 Å². The van der Waals surface area contributed by atoms with Gasteiger partial charge in [0.2, 0.25) is 0 Å². The van der Waals surface area contributed by atoms with Crippen molar-refractivity contribution in [3.8, 4) is 16.5 Å². The fourth-order valence-corrected chi connectivity index (χ4v) is 3.41. The summed E-state index contributed by atoms with van der Waals surface area (Å²) in [6, 6.07) is 9.65. The highest BCUT2D eigenvalue weighted by molar-refractivity contribution is 9.10. The van der Waals surface area contributed by atoms with E-state index in [1.165, 1.54) is 4.88 Å². The van der Waals surface area contributed by atoms with Crippen LogP contribution in [-0.2, 0) is 0 Å². The molecule has 0 saturated heterocycles. The second kappa shape index (κ2) is 4.28. The summed E-state index contributed by atoms with van der Waals surface area (Å²) in [4.78, 5) is 2.29. The van der Waals surface area contributed by atoms with Gasteiger partial charge in [-0.05, 0) is 41.1 Å². The fourth-order valence-electron chi connectivity index (χ4n) is 1.52. The van der Waals surface area contributed by atoms with Crippen LogP contribution in [-0.4, -0.2) is 0 Å². The molecule has 1 aromatic heterocycles. The van der Waals surface area contributed by atoms with E-state index in [0.29, 0.717) is 11.3 Å². The molecule has 2 nitrogen and oxygen atoms in total. The van der Waals surface area contributed by atoms with Crippen molar-refractivity contribution in [2.24, 2.45) is 0 Å². The number of aryl methyl sites for hydroxylation is 1. The second-order valence-corrected chi connectivity index (χ2v) is 5.56. The molecule has 1 heterocycles. The average Bonchev–Trinajstić information content (AvgIpc) is 2.57. The molecule has 2 aromatic rings. The summed E-state index contributed by atoms with van der Waals surface area (Å²) in [5.74, 6) is 0. The molecule has 2 N–H and O–H groups in total. The van der Waals surface area contributed by atoms with Crippen LogP contribution in [0.2, 0.25) is 0 Å². The zero-order chi connectivity index (χ0) is 11.7. The number of rotatable bonds is 1. The third kappa shape index (κ3) is 1.97. The van der Waals surface area contributed by atoms with Gasteiger partial charge in [0.25, 0.3) is 0 Å². The molecular weight excluding hydrogens is 284 g/mol. The fraction of sp³-hybridized carbons (Fsp3) is 0.0833. The van der Waals surface area contributed by atoms with E-state index in [0.717, 1.165) is 14.9 Å². The molecule has 2 rings (SSSR count). The van der Waals surface area contributed by atoms with Crippen LogP contribution in [0.5, 0.6) is 0 Å². The minimum atomic E-state index is 0.613. The quantitative estimate of drug-likeness (QED) is 0.810. The minimum Gasteiger partial charge on any atom is -0.399 e. The van der Waals surface area contributed by atoms with E-state index in [1.54, 1.807) is 17.4 Å². The number of nitrogen functional groups attached to an aromatic ring is 1. The molecule has 0 radical (unpaired) electrons. The minimum absolute atomic E-state index is 0.613. The van der Waals surface area contributed by atoms with Crippen molar-refractivity contribution in [1.29, 1.82) is 5.26 Å². The Balaban J connectivity index is 2.65. The summed E-state index contributed by atoms with van der Waals surface area (Å²) < 4.78 is 1.02. The summed E-state index contributed by atoms with van der Waals surface area (Å²) in [6.45, 7) is 2.04. The number of halogens is 1. The smallest absolute Gasteiger partial charge is 0.0999 e. The Labute approximate surface area is 106 Å². The summed E-state index contributed by atoms with van der Waals surface area (Å²) >= 11 is 5.17. The lowest BCUT2D eigenvalue weighted by Crippen LogP contribution is -1.88. The molecule has 0 amide bonds. The molecule has 0 aliphatic heterocycles. The predicted octanol–water partition coefficient (Wildman–Crippen LogP) is 3.94. The van der Waals surface area contributed by atoms with Gasteiger partial charge in [-0.15, -0.1) is 11.3 Å².